The summed E-state index contributed by atoms with van der Waals surface area (Å²) in [6.45, 7) is 4.02. The molecule has 0 aromatic carbocycles. The number of fused-ring (bicyclic) bond motifs is 2. The molecule has 11 nitrogen and oxygen atoms in total. The summed E-state index contributed by atoms with van der Waals surface area (Å²) in [6.07, 6.45) is 13.3. The molecular formula is C29H32N10O. The topological polar surface area (TPSA) is 140 Å². The lowest BCUT2D eigenvalue weighted by Gasteiger charge is -2.28. The highest BCUT2D eigenvalue weighted by Gasteiger charge is 2.20. The molecule has 0 bridgehead atoms. The summed E-state index contributed by atoms with van der Waals surface area (Å²) in [5, 5.41) is 14.9. The molecule has 204 valence electrons. The highest BCUT2D eigenvalue weighted by molar-refractivity contribution is 5.96. The van der Waals surface area contributed by atoms with Crippen LogP contribution in [0.1, 0.15) is 38.5 Å². The SMILES string of the molecule is O=C(CC1CCNCC1)Nc1cncc(-c2cc3c(-c4nc5c(N6CCCCC6)ccnc5[nH]4)n[nH]c3cn2)c1. The van der Waals surface area contributed by atoms with E-state index in [1.165, 1.54) is 19.3 Å². The number of rotatable bonds is 6. The van der Waals surface area contributed by atoms with E-state index in [0.717, 1.165) is 78.0 Å². The lowest BCUT2D eigenvalue weighted by atomic mass is 9.94. The van der Waals surface area contributed by atoms with Crippen LogP contribution in [0.4, 0.5) is 11.4 Å². The zero-order valence-electron chi connectivity index (χ0n) is 22.3. The van der Waals surface area contributed by atoms with Gasteiger partial charge in [-0.3, -0.25) is 19.9 Å². The number of amides is 1. The number of carbonyl (C=O) groups is 1. The molecule has 4 N–H and O–H groups in total. The van der Waals surface area contributed by atoms with Crippen LogP contribution in [0.2, 0.25) is 0 Å². The first kappa shape index (κ1) is 24.6. The third kappa shape index (κ3) is 4.88. The number of hydrogen-bond acceptors (Lipinski definition) is 8. The number of nitrogens with one attached hydrogen (secondary N) is 4. The van der Waals surface area contributed by atoms with Gasteiger partial charge in [0.1, 0.15) is 11.2 Å². The third-order valence-corrected chi connectivity index (χ3v) is 7.98. The average Bonchev–Trinajstić information content (AvgIpc) is 3.62. The number of aromatic nitrogens is 7. The van der Waals surface area contributed by atoms with Crippen molar-refractivity contribution >= 4 is 39.3 Å². The summed E-state index contributed by atoms with van der Waals surface area (Å²) < 4.78 is 0. The molecule has 0 saturated carbocycles. The van der Waals surface area contributed by atoms with E-state index >= 15 is 0 Å². The quantitative estimate of drug-likeness (QED) is 0.252. The monoisotopic (exact) mass is 536 g/mol. The van der Waals surface area contributed by atoms with Crippen molar-refractivity contribution in [2.75, 3.05) is 36.4 Å². The van der Waals surface area contributed by atoms with Crippen molar-refractivity contribution in [3.05, 3.63) is 43.0 Å². The molecule has 5 aromatic heterocycles. The Morgan fingerprint density at radius 1 is 1.05 bits per heavy atom. The minimum atomic E-state index is 0.0220. The number of imidazole rings is 1. The number of piperidine rings is 2. The zero-order chi connectivity index (χ0) is 26.9. The fourth-order valence-corrected chi connectivity index (χ4v) is 5.86. The van der Waals surface area contributed by atoms with Gasteiger partial charge in [0, 0.05) is 42.9 Å². The maximum atomic E-state index is 12.7. The smallest absolute Gasteiger partial charge is 0.224 e. The van der Waals surface area contributed by atoms with Crippen LogP contribution >= 0.6 is 0 Å². The fraction of sp³-hybridized carbons (Fsp3) is 0.379. The Labute approximate surface area is 231 Å². The van der Waals surface area contributed by atoms with E-state index in [4.69, 9.17) is 4.98 Å². The second kappa shape index (κ2) is 10.6. The highest BCUT2D eigenvalue weighted by atomic mass is 16.1. The van der Waals surface area contributed by atoms with Gasteiger partial charge in [0.05, 0.1) is 35.0 Å². The molecule has 40 heavy (non-hydrogen) atoms. The van der Waals surface area contributed by atoms with Gasteiger partial charge in [-0.1, -0.05) is 0 Å². The van der Waals surface area contributed by atoms with Crippen LogP contribution in [0.15, 0.2) is 43.0 Å². The Bertz CT molecular complexity index is 1660. The lowest BCUT2D eigenvalue weighted by Crippen LogP contribution is -2.30. The van der Waals surface area contributed by atoms with Crippen LogP contribution < -0.4 is 15.5 Å². The van der Waals surface area contributed by atoms with Crippen molar-refractivity contribution < 1.29 is 4.79 Å². The Morgan fingerprint density at radius 2 is 1.93 bits per heavy atom. The summed E-state index contributed by atoms with van der Waals surface area (Å²) in [5.74, 6) is 1.10. The van der Waals surface area contributed by atoms with Crippen LogP contribution in [0.5, 0.6) is 0 Å². The van der Waals surface area contributed by atoms with E-state index in [0.29, 0.717) is 29.5 Å². The summed E-state index contributed by atoms with van der Waals surface area (Å²) in [4.78, 5) is 36.9. The Morgan fingerprint density at radius 3 is 2.80 bits per heavy atom. The van der Waals surface area contributed by atoms with E-state index in [1.54, 1.807) is 18.6 Å². The summed E-state index contributed by atoms with van der Waals surface area (Å²) >= 11 is 0. The second-order valence-corrected chi connectivity index (χ2v) is 10.8. The van der Waals surface area contributed by atoms with E-state index < -0.39 is 0 Å². The van der Waals surface area contributed by atoms with Crippen LogP contribution in [-0.4, -0.2) is 67.2 Å². The average molecular weight is 537 g/mol. The third-order valence-electron chi connectivity index (χ3n) is 7.98. The predicted octanol–water partition coefficient (Wildman–Crippen LogP) is 4.28. The van der Waals surface area contributed by atoms with Gasteiger partial charge in [-0.25, -0.2) is 9.97 Å². The molecule has 0 unspecified atom stereocenters. The number of nitrogens with zero attached hydrogens (tertiary/aromatic N) is 6. The molecule has 7 rings (SSSR count). The van der Waals surface area contributed by atoms with Gasteiger partial charge in [-0.15, -0.1) is 0 Å². The minimum Gasteiger partial charge on any atom is -0.370 e. The molecule has 7 heterocycles. The summed E-state index contributed by atoms with van der Waals surface area (Å²) in [5.41, 5.74) is 6.46. The van der Waals surface area contributed by atoms with Crippen LogP contribution in [0.25, 0.3) is 44.8 Å². The molecular weight excluding hydrogens is 504 g/mol. The fourth-order valence-electron chi connectivity index (χ4n) is 5.86. The van der Waals surface area contributed by atoms with Crippen LogP contribution in [0.3, 0.4) is 0 Å². The molecule has 0 atom stereocenters. The standard InChI is InChI=1S/C29H32N10O/c40-25(12-18-4-7-30-8-5-18)34-20-13-19(15-31-16-20)22-14-21-23(17-33-22)37-38-26(21)29-35-27-24(6-9-32-28(27)36-29)39-10-2-1-3-11-39/h6,9,13-18,30H,1-5,7-8,10-12H2,(H,34,40)(H,37,38)(H,32,35,36). The maximum Gasteiger partial charge on any atom is 0.224 e. The molecule has 0 radical (unpaired) electrons. The first-order valence-electron chi connectivity index (χ1n) is 14.1. The number of aromatic amines is 2. The molecule has 2 aliphatic rings. The Balaban J connectivity index is 1.17. The van der Waals surface area contributed by atoms with Gasteiger partial charge < -0.3 is 20.5 Å². The molecule has 5 aromatic rings. The number of pyridine rings is 3. The van der Waals surface area contributed by atoms with Gasteiger partial charge >= 0.3 is 0 Å². The van der Waals surface area contributed by atoms with E-state index in [2.05, 4.69) is 45.7 Å². The molecule has 2 saturated heterocycles. The summed E-state index contributed by atoms with van der Waals surface area (Å²) in [7, 11) is 0. The molecule has 2 fully saturated rings. The van der Waals surface area contributed by atoms with E-state index in [9.17, 15) is 4.79 Å². The minimum absolute atomic E-state index is 0.0220. The molecule has 0 aliphatic carbocycles. The van der Waals surface area contributed by atoms with Crippen LogP contribution in [-0.2, 0) is 4.79 Å². The maximum absolute atomic E-state index is 12.7. The van der Waals surface area contributed by atoms with Crippen molar-refractivity contribution in [2.24, 2.45) is 5.92 Å². The first-order valence-corrected chi connectivity index (χ1v) is 14.1. The van der Waals surface area contributed by atoms with Crippen molar-refractivity contribution in [3.8, 4) is 22.8 Å². The lowest BCUT2D eigenvalue weighted by molar-refractivity contribution is -0.117. The Kier molecular flexibility index (Phi) is 6.56. The van der Waals surface area contributed by atoms with E-state index in [-0.39, 0.29) is 5.91 Å². The number of anilines is 2. The number of carbonyl (C=O) groups excluding carboxylic acids is 1. The highest BCUT2D eigenvalue weighted by Crippen LogP contribution is 2.32. The van der Waals surface area contributed by atoms with Gasteiger partial charge in [0.25, 0.3) is 0 Å². The molecule has 11 heteroatoms. The largest absolute Gasteiger partial charge is 0.370 e. The van der Waals surface area contributed by atoms with Crippen molar-refractivity contribution in [2.45, 2.75) is 38.5 Å². The van der Waals surface area contributed by atoms with Gasteiger partial charge in [-0.2, -0.15) is 5.10 Å². The van der Waals surface area contributed by atoms with Crippen molar-refractivity contribution in [3.63, 3.8) is 0 Å². The van der Waals surface area contributed by atoms with Gasteiger partial charge in [0.15, 0.2) is 11.5 Å². The van der Waals surface area contributed by atoms with Gasteiger partial charge in [0.2, 0.25) is 5.91 Å². The van der Waals surface area contributed by atoms with Crippen molar-refractivity contribution in [1.82, 2.24) is 40.4 Å². The van der Waals surface area contributed by atoms with Crippen LogP contribution in [0, 0.1) is 5.92 Å². The molecule has 1 amide bonds. The molecule has 0 spiro atoms. The first-order chi connectivity index (χ1) is 19.7. The summed E-state index contributed by atoms with van der Waals surface area (Å²) in [6, 6.07) is 5.95. The zero-order valence-corrected chi connectivity index (χ0v) is 22.3. The number of hydrogen-bond donors (Lipinski definition) is 4. The van der Waals surface area contributed by atoms with E-state index in [1.807, 2.05) is 24.4 Å². The second-order valence-electron chi connectivity index (χ2n) is 10.8. The predicted molar refractivity (Wildman–Crippen MR) is 155 cm³/mol. The van der Waals surface area contributed by atoms with Gasteiger partial charge in [-0.05, 0) is 69.3 Å². The molecule has 2 aliphatic heterocycles. The van der Waals surface area contributed by atoms with Crippen molar-refractivity contribution in [1.29, 1.82) is 0 Å². The Hall–Kier alpha value is -4.38. The normalized spacial score (nSPS) is 16.6. The number of H-pyrrole nitrogens is 2.